The summed E-state index contributed by atoms with van der Waals surface area (Å²) in [6.45, 7) is 11.4. The van der Waals surface area contributed by atoms with E-state index in [4.69, 9.17) is 0 Å². The van der Waals surface area contributed by atoms with Crippen LogP contribution in [-0.2, 0) is 0 Å². The highest BCUT2D eigenvalue weighted by Crippen LogP contribution is 2.19. The highest BCUT2D eigenvalue weighted by molar-refractivity contribution is 5.84. The van der Waals surface area contributed by atoms with Gasteiger partial charge < -0.3 is 4.90 Å². The monoisotopic (exact) mass is 266 g/mol. The van der Waals surface area contributed by atoms with Gasteiger partial charge in [0.25, 0.3) is 0 Å². The molecule has 0 saturated carbocycles. The SMILES string of the molecule is CCCCCCCCC(C)CC1=NCCN1C(C)C. The molecule has 2 heteroatoms. The molecule has 1 heterocycles. The topological polar surface area (TPSA) is 15.6 Å². The fraction of sp³-hybridized carbons (Fsp3) is 0.941. The lowest BCUT2D eigenvalue weighted by molar-refractivity contribution is 0.364. The maximum atomic E-state index is 4.69. The van der Waals surface area contributed by atoms with E-state index < -0.39 is 0 Å². The minimum Gasteiger partial charge on any atom is -0.356 e. The molecule has 0 saturated heterocycles. The Bertz CT molecular complexity index is 258. The van der Waals surface area contributed by atoms with Gasteiger partial charge in [0.05, 0.1) is 12.4 Å². The molecule has 0 aliphatic carbocycles. The summed E-state index contributed by atoms with van der Waals surface area (Å²) in [5, 5.41) is 0. The van der Waals surface area contributed by atoms with E-state index in [1.54, 1.807) is 0 Å². The molecule has 0 amide bonds. The zero-order chi connectivity index (χ0) is 14.1. The van der Waals surface area contributed by atoms with Crippen LogP contribution in [0.2, 0.25) is 0 Å². The third kappa shape index (κ3) is 6.44. The molecule has 112 valence electrons. The Labute approximate surface area is 120 Å². The number of amidine groups is 1. The zero-order valence-corrected chi connectivity index (χ0v) is 13.6. The summed E-state index contributed by atoms with van der Waals surface area (Å²) in [7, 11) is 0. The number of hydrogen-bond donors (Lipinski definition) is 0. The second kappa shape index (κ2) is 9.39. The zero-order valence-electron chi connectivity index (χ0n) is 13.6. The Morgan fingerprint density at radius 2 is 1.74 bits per heavy atom. The highest BCUT2D eigenvalue weighted by Gasteiger charge is 2.20. The van der Waals surface area contributed by atoms with E-state index in [0.717, 1.165) is 19.0 Å². The maximum absolute atomic E-state index is 4.69. The molecule has 0 N–H and O–H groups in total. The number of rotatable bonds is 10. The van der Waals surface area contributed by atoms with Gasteiger partial charge in [0, 0.05) is 19.0 Å². The van der Waals surface area contributed by atoms with Crippen molar-refractivity contribution in [1.82, 2.24) is 4.90 Å². The summed E-state index contributed by atoms with van der Waals surface area (Å²) in [4.78, 5) is 7.17. The molecule has 0 aromatic carbocycles. The Morgan fingerprint density at radius 1 is 1.05 bits per heavy atom. The summed E-state index contributed by atoms with van der Waals surface area (Å²) in [6.07, 6.45) is 11.0. The van der Waals surface area contributed by atoms with E-state index in [-0.39, 0.29) is 0 Å². The first-order valence-electron chi connectivity index (χ1n) is 8.45. The minimum absolute atomic E-state index is 0.613. The van der Waals surface area contributed by atoms with Crippen LogP contribution in [0.5, 0.6) is 0 Å². The van der Waals surface area contributed by atoms with Crippen molar-refractivity contribution >= 4 is 5.84 Å². The molecular weight excluding hydrogens is 232 g/mol. The van der Waals surface area contributed by atoms with Crippen molar-refractivity contribution in [1.29, 1.82) is 0 Å². The molecule has 19 heavy (non-hydrogen) atoms. The lowest BCUT2D eigenvalue weighted by Crippen LogP contribution is -2.35. The average Bonchev–Trinajstić information content (AvgIpc) is 2.81. The first-order chi connectivity index (χ1) is 9.15. The maximum Gasteiger partial charge on any atom is 0.0995 e. The van der Waals surface area contributed by atoms with Gasteiger partial charge in [0.2, 0.25) is 0 Å². The Kier molecular flexibility index (Phi) is 8.16. The fourth-order valence-electron chi connectivity index (χ4n) is 2.93. The smallest absolute Gasteiger partial charge is 0.0995 e. The van der Waals surface area contributed by atoms with E-state index in [1.807, 2.05) is 0 Å². The molecule has 2 nitrogen and oxygen atoms in total. The summed E-state index contributed by atoms with van der Waals surface area (Å²) >= 11 is 0. The Morgan fingerprint density at radius 3 is 2.42 bits per heavy atom. The van der Waals surface area contributed by atoms with Gasteiger partial charge in [-0.05, 0) is 19.8 Å². The van der Waals surface area contributed by atoms with Gasteiger partial charge in [0.1, 0.15) is 0 Å². The van der Waals surface area contributed by atoms with Crippen LogP contribution in [0.3, 0.4) is 0 Å². The fourth-order valence-corrected chi connectivity index (χ4v) is 2.93. The van der Waals surface area contributed by atoms with Crippen LogP contribution in [0, 0.1) is 5.92 Å². The lowest BCUT2D eigenvalue weighted by Gasteiger charge is -2.26. The van der Waals surface area contributed by atoms with E-state index in [2.05, 4.69) is 37.6 Å². The van der Waals surface area contributed by atoms with Gasteiger partial charge in [-0.1, -0.05) is 58.8 Å². The minimum atomic E-state index is 0.613. The second-order valence-electron chi connectivity index (χ2n) is 6.45. The number of nitrogens with zero attached hydrogens (tertiary/aromatic N) is 2. The summed E-state index contributed by atoms with van der Waals surface area (Å²) < 4.78 is 0. The van der Waals surface area contributed by atoms with Crippen LogP contribution in [0.15, 0.2) is 4.99 Å². The number of aliphatic imine (C=N–C) groups is 1. The molecule has 0 spiro atoms. The standard InChI is InChI=1S/C17H34N2/c1-5-6-7-8-9-10-11-16(4)14-17-18-12-13-19(17)15(2)3/h15-16H,5-14H2,1-4H3. The highest BCUT2D eigenvalue weighted by atomic mass is 15.3. The molecule has 0 aromatic heterocycles. The molecule has 0 bridgehead atoms. The number of hydrogen-bond acceptors (Lipinski definition) is 2. The molecule has 0 radical (unpaired) electrons. The average molecular weight is 266 g/mol. The molecule has 1 aliphatic rings. The quantitative estimate of drug-likeness (QED) is 0.514. The van der Waals surface area contributed by atoms with Crippen molar-refractivity contribution in [3.63, 3.8) is 0 Å². The normalized spacial score (nSPS) is 17.1. The van der Waals surface area contributed by atoms with E-state index in [0.29, 0.717) is 6.04 Å². The molecule has 1 rings (SSSR count). The van der Waals surface area contributed by atoms with E-state index in [9.17, 15) is 0 Å². The van der Waals surface area contributed by atoms with Crippen LogP contribution < -0.4 is 0 Å². The summed E-state index contributed by atoms with van der Waals surface area (Å²) in [5.74, 6) is 2.16. The van der Waals surface area contributed by atoms with Crippen LogP contribution in [0.1, 0.15) is 79.1 Å². The summed E-state index contributed by atoms with van der Waals surface area (Å²) in [5.41, 5.74) is 0. The molecular formula is C17H34N2. The van der Waals surface area contributed by atoms with Crippen molar-refractivity contribution in [2.24, 2.45) is 10.9 Å². The van der Waals surface area contributed by atoms with Gasteiger partial charge in [0.15, 0.2) is 0 Å². The predicted molar refractivity (Wildman–Crippen MR) is 85.9 cm³/mol. The van der Waals surface area contributed by atoms with Crippen molar-refractivity contribution < 1.29 is 0 Å². The van der Waals surface area contributed by atoms with Crippen LogP contribution in [-0.4, -0.2) is 29.9 Å². The lowest BCUT2D eigenvalue weighted by atomic mass is 9.98. The van der Waals surface area contributed by atoms with Crippen molar-refractivity contribution in [2.75, 3.05) is 13.1 Å². The molecule has 0 fully saturated rings. The second-order valence-corrected chi connectivity index (χ2v) is 6.45. The third-order valence-electron chi connectivity index (χ3n) is 4.17. The summed E-state index contributed by atoms with van der Waals surface area (Å²) in [6, 6.07) is 0.613. The molecule has 1 aliphatic heterocycles. The largest absolute Gasteiger partial charge is 0.356 e. The molecule has 1 atom stereocenters. The Hall–Kier alpha value is -0.530. The van der Waals surface area contributed by atoms with Crippen molar-refractivity contribution in [2.45, 2.75) is 85.1 Å². The van der Waals surface area contributed by atoms with Gasteiger partial charge in [-0.15, -0.1) is 0 Å². The third-order valence-corrected chi connectivity index (χ3v) is 4.17. The first kappa shape index (κ1) is 16.5. The van der Waals surface area contributed by atoms with Gasteiger partial charge in [-0.2, -0.15) is 0 Å². The number of unbranched alkanes of at least 4 members (excludes halogenated alkanes) is 5. The Balaban J connectivity index is 2.12. The van der Waals surface area contributed by atoms with Crippen molar-refractivity contribution in [3.05, 3.63) is 0 Å². The van der Waals surface area contributed by atoms with Crippen molar-refractivity contribution in [3.8, 4) is 0 Å². The molecule has 0 aromatic rings. The van der Waals surface area contributed by atoms with Gasteiger partial charge in [-0.3, -0.25) is 4.99 Å². The van der Waals surface area contributed by atoms with Crippen LogP contribution in [0.25, 0.3) is 0 Å². The predicted octanol–water partition coefficient (Wildman–Crippen LogP) is 4.89. The van der Waals surface area contributed by atoms with E-state index >= 15 is 0 Å². The van der Waals surface area contributed by atoms with Crippen LogP contribution >= 0.6 is 0 Å². The molecule has 1 unspecified atom stereocenters. The van der Waals surface area contributed by atoms with E-state index in [1.165, 1.54) is 57.2 Å². The van der Waals surface area contributed by atoms with Gasteiger partial charge >= 0.3 is 0 Å². The van der Waals surface area contributed by atoms with Gasteiger partial charge in [-0.25, -0.2) is 0 Å². The first-order valence-corrected chi connectivity index (χ1v) is 8.45. The van der Waals surface area contributed by atoms with Crippen LogP contribution in [0.4, 0.5) is 0 Å².